The minimum atomic E-state index is -2.77. The molecular formula is C27H34N2O7Si. The van der Waals surface area contributed by atoms with Crippen LogP contribution in [-0.2, 0) is 26.4 Å². The Morgan fingerprint density at radius 3 is 2.62 bits per heavy atom. The lowest BCUT2D eigenvalue weighted by Crippen LogP contribution is -2.46. The first-order chi connectivity index (χ1) is 17.6. The average molecular weight is 527 g/mol. The Hall–Kier alpha value is -2.92. The second kappa shape index (κ2) is 9.43. The van der Waals surface area contributed by atoms with Crippen LogP contribution in [0, 0.1) is 5.92 Å². The van der Waals surface area contributed by atoms with Gasteiger partial charge in [0, 0.05) is 29.3 Å². The van der Waals surface area contributed by atoms with E-state index in [1.54, 1.807) is 16.9 Å². The average Bonchev–Trinajstić information content (AvgIpc) is 3.49. The molecule has 5 rings (SSSR count). The SMILES string of the molecule is COc1ccc2c(c1)[C@]1(O[C@@H](CCO)[C@H]([Si](C)(C)O)[C@H]1C)C(=O)N2Cc1cccc(N2CCOC2=O)c1. The number of hydrogen-bond acceptors (Lipinski definition) is 7. The lowest BCUT2D eigenvalue weighted by molar-refractivity contribution is -0.146. The van der Waals surface area contributed by atoms with Crippen LogP contribution in [0.15, 0.2) is 42.5 Å². The van der Waals surface area contributed by atoms with Crippen molar-refractivity contribution in [3.8, 4) is 5.75 Å². The van der Waals surface area contributed by atoms with Gasteiger partial charge in [-0.05, 0) is 55.4 Å². The highest BCUT2D eigenvalue weighted by Crippen LogP contribution is 2.60. The van der Waals surface area contributed by atoms with Crippen molar-refractivity contribution in [2.75, 3.05) is 36.7 Å². The van der Waals surface area contributed by atoms with E-state index in [1.807, 2.05) is 62.5 Å². The van der Waals surface area contributed by atoms with E-state index in [1.165, 1.54) is 0 Å². The van der Waals surface area contributed by atoms with E-state index in [-0.39, 0.29) is 36.6 Å². The minimum absolute atomic E-state index is 0.0942. The largest absolute Gasteiger partial charge is 0.497 e. The molecule has 2 fully saturated rings. The Bertz CT molecular complexity index is 1220. The number of hydrogen-bond donors (Lipinski definition) is 2. The lowest BCUT2D eigenvalue weighted by Gasteiger charge is -2.32. The Kier molecular flexibility index (Phi) is 6.55. The molecule has 198 valence electrons. The summed E-state index contributed by atoms with van der Waals surface area (Å²) in [7, 11) is -1.19. The Morgan fingerprint density at radius 1 is 1.19 bits per heavy atom. The predicted octanol–water partition coefficient (Wildman–Crippen LogP) is 3.38. The highest BCUT2D eigenvalue weighted by Gasteiger charge is 2.66. The molecule has 0 unspecified atom stereocenters. The van der Waals surface area contributed by atoms with Crippen LogP contribution in [-0.4, -0.2) is 63.2 Å². The first-order valence-electron chi connectivity index (χ1n) is 12.7. The molecule has 9 nitrogen and oxygen atoms in total. The molecule has 2 aromatic rings. The number of aliphatic hydroxyl groups excluding tert-OH is 1. The van der Waals surface area contributed by atoms with E-state index >= 15 is 0 Å². The molecule has 0 radical (unpaired) electrons. The summed E-state index contributed by atoms with van der Waals surface area (Å²) in [4.78, 5) is 41.0. The molecule has 4 atom stereocenters. The lowest BCUT2D eigenvalue weighted by atomic mass is 9.82. The minimum Gasteiger partial charge on any atom is -0.497 e. The fraction of sp³-hybridized carbons (Fsp3) is 0.481. The van der Waals surface area contributed by atoms with Gasteiger partial charge in [-0.3, -0.25) is 9.69 Å². The number of fused-ring (bicyclic) bond motifs is 2. The first-order valence-corrected chi connectivity index (χ1v) is 15.7. The Morgan fingerprint density at radius 2 is 1.97 bits per heavy atom. The van der Waals surface area contributed by atoms with Crippen molar-refractivity contribution in [3.05, 3.63) is 53.6 Å². The van der Waals surface area contributed by atoms with Crippen molar-refractivity contribution in [2.24, 2.45) is 5.92 Å². The van der Waals surface area contributed by atoms with E-state index < -0.39 is 20.0 Å². The summed E-state index contributed by atoms with van der Waals surface area (Å²) in [5, 5.41) is 9.75. The molecule has 10 heteroatoms. The Balaban J connectivity index is 1.56. The van der Waals surface area contributed by atoms with Crippen LogP contribution in [0.3, 0.4) is 0 Å². The molecule has 0 saturated carbocycles. The van der Waals surface area contributed by atoms with E-state index in [0.717, 1.165) is 16.9 Å². The van der Waals surface area contributed by atoms with Gasteiger partial charge in [0.1, 0.15) is 12.4 Å². The van der Waals surface area contributed by atoms with Gasteiger partial charge in [-0.25, -0.2) is 4.79 Å². The number of carbonyl (C=O) groups excluding carboxylic acids is 2. The van der Waals surface area contributed by atoms with Gasteiger partial charge < -0.3 is 29.0 Å². The monoisotopic (exact) mass is 526 g/mol. The molecule has 3 aliphatic heterocycles. The molecule has 3 aliphatic rings. The van der Waals surface area contributed by atoms with Crippen molar-refractivity contribution in [3.63, 3.8) is 0 Å². The van der Waals surface area contributed by atoms with Crippen LogP contribution in [0.5, 0.6) is 5.75 Å². The number of rotatable bonds is 7. The smallest absolute Gasteiger partial charge is 0.414 e. The summed E-state index contributed by atoms with van der Waals surface area (Å²) < 4.78 is 17.2. The quantitative estimate of drug-likeness (QED) is 0.533. The second-order valence-electron chi connectivity index (χ2n) is 10.6. The van der Waals surface area contributed by atoms with Gasteiger partial charge in [-0.15, -0.1) is 0 Å². The zero-order chi connectivity index (χ0) is 26.5. The molecule has 0 aromatic heterocycles. The highest BCUT2D eigenvalue weighted by molar-refractivity contribution is 6.71. The third-order valence-electron chi connectivity index (χ3n) is 7.93. The van der Waals surface area contributed by atoms with Crippen LogP contribution in [0.2, 0.25) is 18.6 Å². The molecule has 2 saturated heterocycles. The zero-order valence-electron chi connectivity index (χ0n) is 21.6. The summed E-state index contributed by atoms with van der Waals surface area (Å²) in [6.45, 7) is 6.71. The maximum absolute atomic E-state index is 14.4. The third-order valence-corrected chi connectivity index (χ3v) is 10.4. The Labute approximate surface area is 217 Å². The van der Waals surface area contributed by atoms with E-state index in [2.05, 4.69) is 0 Å². The highest BCUT2D eigenvalue weighted by atomic mass is 28.4. The van der Waals surface area contributed by atoms with Crippen molar-refractivity contribution in [1.82, 2.24) is 0 Å². The molecule has 37 heavy (non-hydrogen) atoms. The molecule has 0 aliphatic carbocycles. The molecule has 2 aromatic carbocycles. The van der Waals surface area contributed by atoms with Gasteiger partial charge in [0.05, 0.1) is 32.0 Å². The van der Waals surface area contributed by atoms with Gasteiger partial charge in [0.25, 0.3) is 5.91 Å². The van der Waals surface area contributed by atoms with Gasteiger partial charge in [-0.1, -0.05) is 19.1 Å². The number of methoxy groups -OCH3 is 1. The molecule has 1 spiro atoms. The first kappa shape index (κ1) is 25.7. The number of aliphatic hydroxyl groups is 1. The predicted molar refractivity (Wildman–Crippen MR) is 140 cm³/mol. The number of ether oxygens (including phenoxy) is 3. The summed E-state index contributed by atoms with van der Waals surface area (Å²) in [6, 6.07) is 13.1. The molecule has 3 heterocycles. The number of anilines is 2. The van der Waals surface area contributed by atoms with Crippen molar-refractivity contribution in [2.45, 2.75) is 50.2 Å². The fourth-order valence-corrected chi connectivity index (χ4v) is 8.97. The number of amides is 2. The van der Waals surface area contributed by atoms with Crippen molar-refractivity contribution in [1.29, 1.82) is 0 Å². The van der Waals surface area contributed by atoms with Crippen molar-refractivity contribution >= 4 is 31.7 Å². The third kappa shape index (κ3) is 4.12. The number of nitrogens with zero attached hydrogens (tertiary/aromatic N) is 2. The zero-order valence-corrected chi connectivity index (χ0v) is 22.6. The van der Waals surface area contributed by atoms with Crippen LogP contribution >= 0.6 is 0 Å². The van der Waals surface area contributed by atoms with Crippen molar-refractivity contribution < 1.29 is 33.7 Å². The summed E-state index contributed by atoms with van der Waals surface area (Å²) in [6.07, 6.45) is -0.483. The van der Waals surface area contributed by atoms with E-state index in [9.17, 15) is 19.5 Å². The van der Waals surface area contributed by atoms with Gasteiger partial charge in [0.15, 0.2) is 13.9 Å². The number of cyclic esters (lactones) is 1. The fourth-order valence-electron chi connectivity index (χ4n) is 6.37. The molecule has 2 amide bonds. The number of carbonyl (C=O) groups is 2. The number of benzene rings is 2. The summed E-state index contributed by atoms with van der Waals surface area (Å²) in [5.41, 5.74) is 1.48. The van der Waals surface area contributed by atoms with Gasteiger partial charge in [0.2, 0.25) is 0 Å². The molecular weight excluding hydrogens is 492 g/mol. The van der Waals surface area contributed by atoms with Gasteiger partial charge in [-0.2, -0.15) is 0 Å². The van der Waals surface area contributed by atoms with E-state index in [0.29, 0.717) is 30.9 Å². The van der Waals surface area contributed by atoms with Crippen LogP contribution in [0.1, 0.15) is 24.5 Å². The topological polar surface area (TPSA) is 109 Å². The van der Waals surface area contributed by atoms with Crippen LogP contribution < -0.4 is 14.5 Å². The molecule has 0 bridgehead atoms. The summed E-state index contributed by atoms with van der Waals surface area (Å²) >= 11 is 0. The summed E-state index contributed by atoms with van der Waals surface area (Å²) in [5.74, 6) is 0.100. The van der Waals surface area contributed by atoms with Crippen LogP contribution in [0.4, 0.5) is 16.2 Å². The molecule has 2 N–H and O–H groups in total. The standard InChI is InChI=1S/C27H34N2O7Si/c1-17-24(37(3,4)33)23(10-12-30)36-27(17)21-15-20(34-2)8-9-22(21)29(25(27)31)16-18-6-5-7-19(14-18)28-11-13-35-26(28)32/h5-9,14-15,17,23-24,30,33H,10-13,16H2,1-4H3/t17-,23+,24-,27+/m1/s1. The normalized spacial score (nSPS) is 27.2. The second-order valence-corrected chi connectivity index (χ2v) is 14.6. The van der Waals surface area contributed by atoms with E-state index in [4.69, 9.17) is 14.2 Å². The van der Waals surface area contributed by atoms with Gasteiger partial charge >= 0.3 is 6.09 Å². The van der Waals surface area contributed by atoms with Crippen LogP contribution in [0.25, 0.3) is 0 Å². The maximum atomic E-state index is 14.4. The maximum Gasteiger partial charge on any atom is 0.414 e.